The largest absolute Gasteiger partial charge is 0.496 e. The summed E-state index contributed by atoms with van der Waals surface area (Å²) in [5, 5.41) is 0. The number of rotatable bonds is 2. The van der Waals surface area contributed by atoms with Crippen LogP contribution in [0.2, 0.25) is 0 Å². The fraction of sp³-hybridized carbons (Fsp3) is 0.111. The first-order valence-electron chi connectivity index (χ1n) is 3.14. The fourth-order valence-corrected chi connectivity index (χ4v) is 0.835. The number of hydrogen-bond donors (Lipinski definition) is 0. The summed E-state index contributed by atoms with van der Waals surface area (Å²) in [6.45, 7) is 3.66. The van der Waals surface area contributed by atoms with Crippen molar-refractivity contribution < 1.29 is 4.74 Å². The van der Waals surface area contributed by atoms with E-state index in [2.05, 4.69) is 6.58 Å². The molecule has 0 saturated carbocycles. The molecule has 2 heteroatoms. The first-order chi connectivity index (χ1) is 4.88. The summed E-state index contributed by atoms with van der Waals surface area (Å²) in [5.74, 6) is 0.873. The summed E-state index contributed by atoms with van der Waals surface area (Å²) in [4.78, 5) is 0. The van der Waals surface area contributed by atoms with Gasteiger partial charge in [-0.2, -0.15) is 13.5 Å². The lowest BCUT2D eigenvalue weighted by Crippen LogP contribution is -1.84. The summed E-state index contributed by atoms with van der Waals surface area (Å²) in [6, 6.07) is 7.77. The molecule has 0 saturated heterocycles. The van der Waals surface area contributed by atoms with Crippen LogP contribution in [0.4, 0.5) is 0 Å². The molecular formula is C9H12OS. The first-order valence-corrected chi connectivity index (χ1v) is 3.14. The van der Waals surface area contributed by atoms with Gasteiger partial charge in [0, 0.05) is 5.56 Å². The first kappa shape index (κ1) is 10.1. The molecule has 0 spiro atoms. The highest BCUT2D eigenvalue weighted by Gasteiger charge is 1.93. The Balaban J connectivity index is 0.000001000. The maximum absolute atomic E-state index is 5.06. The smallest absolute Gasteiger partial charge is 0.126 e. The van der Waals surface area contributed by atoms with Gasteiger partial charge in [-0.25, -0.2) is 0 Å². The molecule has 1 nitrogen and oxygen atoms in total. The van der Waals surface area contributed by atoms with Crippen molar-refractivity contribution in [1.29, 1.82) is 0 Å². The standard InChI is InChI=1S/C9H10O.H2S/c1-3-8-6-4-5-7-9(8)10-2;/h3-7H,1H2,2H3;1H2. The van der Waals surface area contributed by atoms with E-state index in [0.717, 1.165) is 11.3 Å². The summed E-state index contributed by atoms with van der Waals surface area (Å²) in [7, 11) is 1.66. The zero-order valence-corrected chi connectivity index (χ0v) is 7.50. The fourth-order valence-electron chi connectivity index (χ4n) is 0.835. The Kier molecular flexibility index (Phi) is 4.46. The van der Waals surface area contributed by atoms with Gasteiger partial charge in [0.2, 0.25) is 0 Å². The maximum atomic E-state index is 5.06. The van der Waals surface area contributed by atoms with E-state index in [1.54, 1.807) is 13.2 Å². The molecule has 0 fully saturated rings. The minimum absolute atomic E-state index is 0. The van der Waals surface area contributed by atoms with Gasteiger partial charge in [-0.1, -0.05) is 30.9 Å². The van der Waals surface area contributed by atoms with Crippen molar-refractivity contribution >= 4 is 19.6 Å². The molecule has 1 aromatic rings. The van der Waals surface area contributed by atoms with Gasteiger partial charge in [-0.15, -0.1) is 0 Å². The topological polar surface area (TPSA) is 9.23 Å². The lowest BCUT2D eigenvalue weighted by molar-refractivity contribution is 0.414. The minimum atomic E-state index is 0. The Morgan fingerprint density at radius 2 is 2.00 bits per heavy atom. The molecule has 0 unspecified atom stereocenters. The third-order valence-electron chi connectivity index (χ3n) is 1.36. The molecule has 0 radical (unpaired) electrons. The molecule has 0 aromatic heterocycles. The summed E-state index contributed by atoms with van der Waals surface area (Å²) in [5.41, 5.74) is 1.03. The second kappa shape index (κ2) is 4.85. The third kappa shape index (κ3) is 2.31. The van der Waals surface area contributed by atoms with Gasteiger partial charge >= 0.3 is 0 Å². The van der Waals surface area contributed by atoms with Gasteiger partial charge in [-0.05, 0) is 6.07 Å². The predicted molar refractivity (Wildman–Crippen MR) is 53.5 cm³/mol. The van der Waals surface area contributed by atoms with Gasteiger partial charge < -0.3 is 4.74 Å². The van der Waals surface area contributed by atoms with Crippen LogP contribution in [0.1, 0.15) is 5.56 Å². The van der Waals surface area contributed by atoms with Gasteiger partial charge in [0.25, 0.3) is 0 Å². The Labute approximate surface area is 74.1 Å². The zero-order valence-electron chi connectivity index (χ0n) is 6.50. The molecule has 60 valence electrons. The number of hydrogen-bond acceptors (Lipinski definition) is 1. The van der Waals surface area contributed by atoms with Gasteiger partial charge in [-0.3, -0.25) is 0 Å². The highest BCUT2D eigenvalue weighted by atomic mass is 32.1. The quantitative estimate of drug-likeness (QED) is 0.659. The summed E-state index contributed by atoms with van der Waals surface area (Å²) >= 11 is 0. The monoisotopic (exact) mass is 168 g/mol. The molecule has 0 bridgehead atoms. The van der Waals surface area contributed by atoms with Crippen LogP contribution in [0, 0.1) is 0 Å². The third-order valence-corrected chi connectivity index (χ3v) is 1.36. The van der Waals surface area contributed by atoms with Crippen LogP contribution >= 0.6 is 13.5 Å². The van der Waals surface area contributed by atoms with E-state index < -0.39 is 0 Å². The minimum Gasteiger partial charge on any atom is -0.496 e. The Hall–Kier alpha value is -0.890. The molecule has 0 aliphatic rings. The highest BCUT2D eigenvalue weighted by molar-refractivity contribution is 7.59. The molecule has 11 heavy (non-hydrogen) atoms. The Bertz CT molecular complexity index is 233. The van der Waals surface area contributed by atoms with Crippen molar-refractivity contribution in [1.82, 2.24) is 0 Å². The molecule has 0 aliphatic heterocycles. The summed E-state index contributed by atoms with van der Waals surface area (Å²) in [6.07, 6.45) is 1.78. The number of para-hydroxylation sites is 1. The van der Waals surface area contributed by atoms with Crippen LogP contribution in [0.5, 0.6) is 5.75 Å². The lowest BCUT2D eigenvalue weighted by atomic mass is 10.2. The van der Waals surface area contributed by atoms with E-state index in [1.807, 2.05) is 24.3 Å². The van der Waals surface area contributed by atoms with Gasteiger partial charge in [0.05, 0.1) is 7.11 Å². The van der Waals surface area contributed by atoms with Crippen molar-refractivity contribution in [2.75, 3.05) is 7.11 Å². The van der Waals surface area contributed by atoms with Crippen molar-refractivity contribution in [2.45, 2.75) is 0 Å². The molecule has 0 N–H and O–H groups in total. The Morgan fingerprint density at radius 1 is 1.36 bits per heavy atom. The normalized spacial score (nSPS) is 8.09. The van der Waals surface area contributed by atoms with E-state index >= 15 is 0 Å². The lowest BCUT2D eigenvalue weighted by Gasteiger charge is -2.01. The summed E-state index contributed by atoms with van der Waals surface area (Å²) < 4.78 is 5.06. The average Bonchev–Trinajstić information content (AvgIpc) is 2.04. The Morgan fingerprint density at radius 3 is 2.45 bits per heavy atom. The van der Waals surface area contributed by atoms with E-state index in [9.17, 15) is 0 Å². The van der Waals surface area contributed by atoms with Gasteiger partial charge in [0.1, 0.15) is 5.75 Å². The van der Waals surface area contributed by atoms with E-state index in [0.29, 0.717) is 0 Å². The van der Waals surface area contributed by atoms with Crippen LogP contribution in [-0.2, 0) is 0 Å². The van der Waals surface area contributed by atoms with Crippen LogP contribution in [0.25, 0.3) is 6.08 Å². The predicted octanol–water partition coefficient (Wildman–Crippen LogP) is 2.45. The van der Waals surface area contributed by atoms with Gasteiger partial charge in [0.15, 0.2) is 0 Å². The van der Waals surface area contributed by atoms with Crippen molar-refractivity contribution in [2.24, 2.45) is 0 Å². The molecule has 0 aliphatic carbocycles. The van der Waals surface area contributed by atoms with Crippen molar-refractivity contribution in [3.63, 3.8) is 0 Å². The SMILES string of the molecule is C=Cc1ccccc1OC.S. The average molecular weight is 168 g/mol. The van der Waals surface area contributed by atoms with Crippen LogP contribution in [0.3, 0.4) is 0 Å². The van der Waals surface area contributed by atoms with Crippen LogP contribution < -0.4 is 4.74 Å². The van der Waals surface area contributed by atoms with Crippen molar-refractivity contribution in [3.8, 4) is 5.75 Å². The van der Waals surface area contributed by atoms with Crippen molar-refractivity contribution in [3.05, 3.63) is 36.4 Å². The van der Waals surface area contributed by atoms with E-state index in [1.165, 1.54) is 0 Å². The number of ether oxygens (including phenoxy) is 1. The molecule has 1 aromatic carbocycles. The van der Waals surface area contributed by atoms with E-state index in [-0.39, 0.29) is 13.5 Å². The van der Waals surface area contributed by atoms with Crippen LogP contribution in [0.15, 0.2) is 30.8 Å². The molecule has 0 heterocycles. The van der Waals surface area contributed by atoms with Crippen LogP contribution in [-0.4, -0.2) is 7.11 Å². The molecule has 0 amide bonds. The molecular weight excluding hydrogens is 156 g/mol. The highest BCUT2D eigenvalue weighted by Crippen LogP contribution is 2.17. The zero-order chi connectivity index (χ0) is 7.40. The molecule has 0 atom stereocenters. The maximum Gasteiger partial charge on any atom is 0.126 e. The van der Waals surface area contributed by atoms with E-state index in [4.69, 9.17) is 4.74 Å². The second-order valence-electron chi connectivity index (χ2n) is 1.95. The second-order valence-corrected chi connectivity index (χ2v) is 1.95. The number of benzene rings is 1. The molecule has 1 rings (SSSR count). The number of methoxy groups -OCH3 is 1.